The average molecular weight is 408 g/mol. The minimum atomic E-state index is 0.0835. The van der Waals surface area contributed by atoms with E-state index in [1.165, 1.54) is 16.7 Å². The molecule has 0 aliphatic heterocycles. The van der Waals surface area contributed by atoms with Gasteiger partial charge in [0.15, 0.2) is 11.8 Å². The average Bonchev–Trinajstić information content (AvgIpc) is 3.05. The van der Waals surface area contributed by atoms with Gasteiger partial charge in [-0.1, -0.05) is 68.2 Å². The first-order chi connectivity index (χ1) is 14.6. The van der Waals surface area contributed by atoms with E-state index in [0.29, 0.717) is 6.42 Å². The summed E-state index contributed by atoms with van der Waals surface area (Å²) < 4.78 is 4.97. The Hall–Kier alpha value is -2.95. The van der Waals surface area contributed by atoms with Crippen molar-refractivity contribution < 1.29 is 9.57 Å². The molecule has 0 heterocycles. The lowest BCUT2D eigenvalue weighted by Crippen LogP contribution is -2.06. The maximum absolute atomic E-state index is 7.63. The first kappa shape index (κ1) is 23.3. The first-order valence-electron chi connectivity index (χ1n) is 10.7. The molecule has 30 heavy (non-hydrogen) atoms. The van der Waals surface area contributed by atoms with Crippen LogP contribution in [0.4, 0.5) is 0 Å². The highest BCUT2D eigenvalue weighted by Crippen LogP contribution is 2.37. The van der Waals surface area contributed by atoms with Crippen LogP contribution in [-0.4, -0.2) is 24.6 Å². The van der Waals surface area contributed by atoms with E-state index in [2.05, 4.69) is 41.6 Å². The largest absolute Gasteiger partial charge is 0.430 e. The molecule has 0 fully saturated rings. The molecule has 0 radical (unpaired) electrons. The zero-order chi connectivity index (χ0) is 21.9. The fourth-order valence-corrected chi connectivity index (χ4v) is 3.64. The Morgan fingerprint density at radius 3 is 2.23 bits per heavy atom. The number of oxime groups is 1. The minimum absolute atomic E-state index is 0.0835. The topological polar surface area (TPSA) is 78.5 Å². The lowest BCUT2D eigenvalue weighted by molar-refractivity contribution is 0.214. The van der Waals surface area contributed by atoms with Gasteiger partial charge in [0, 0.05) is 24.5 Å². The zero-order valence-corrected chi connectivity index (χ0v) is 18.5. The van der Waals surface area contributed by atoms with Crippen molar-refractivity contribution in [1.29, 1.82) is 10.8 Å². The Morgan fingerprint density at radius 1 is 0.867 bits per heavy atom. The molecule has 160 valence electrons. The number of fused-ring (bicyclic) bond motifs is 3. The Labute approximate surface area is 180 Å². The van der Waals surface area contributed by atoms with E-state index < -0.39 is 0 Å². The first-order valence-corrected chi connectivity index (χ1v) is 10.7. The molecule has 0 saturated carbocycles. The van der Waals surface area contributed by atoms with E-state index in [9.17, 15) is 0 Å². The van der Waals surface area contributed by atoms with E-state index in [0.717, 1.165) is 48.9 Å². The van der Waals surface area contributed by atoms with Crippen molar-refractivity contribution in [3.05, 3.63) is 59.2 Å². The molecule has 2 aromatic rings. The van der Waals surface area contributed by atoms with Crippen LogP contribution in [0, 0.1) is 10.8 Å². The molecule has 0 atom stereocenters. The Kier molecular flexibility index (Phi) is 9.26. The smallest absolute Gasteiger partial charge is 0.189 e. The summed E-state index contributed by atoms with van der Waals surface area (Å²) in [6.07, 6.45) is 5.85. The number of unbranched alkanes of at least 4 members (excludes halogenated alkanes) is 3. The van der Waals surface area contributed by atoms with Gasteiger partial charge in [0.1, 0.15) is 12.8 Å². The molecule has 0 saturated heterocycles. The van der Waals surface area contributed by atoms with Crippen molar-refractivity contribution in [2.45, 2.75) is 59.3 Å². The van der Waals surface area contributed by atoms with E-state index in [1.807, 2.05) is 19.9 Å². The molecule has 0 amide bonds. The van der Waals surface area contributed by atoms with Gasteiger partial charge in [0.25, 0.3) is 0 Å². The molecule has 5 nitrogen and oxygen atoms in total. The number of benzene rings is 2. The maximum atomic E-state index is 7.63. The van der Waals surface area contributed by atoms with Gasteiger partial charge >= 0.3 is 0 Å². The molecular formula is C25H33N3O2. The van der Waals surface area contributed by atoms with Gasteiger partial charge in [-0.05, 0) is 42.0 Å². The number of nitrogens with zero attached hydrogens (tertiary/aromatic N) is 1. The second kappa shape index (κ2) is 11.9. The number of ether oxygens (including phenoxy) is 1. The Bertz CT molecular complexity index is 903. The van der Waals surface area contributed by atoms with Gasteiger partial charge < -0.3 is 9.57 Å². The molecular weight excluding hydrogens is 374 g/mol. The van der Waals surface area contributed by atoms with Gasteiger partial charge in [-0.25, -0.2) is 0 Å². The number of hydrogen-bond acceptors (Lipinski definition) is 5. The summed E-state index contributed by atoms with van der Waals surface area (Å²) in [6.45, 7) is 5.55. The van der Waals surface area contributed by atoms with Crippen LogP contribution >= 0.6 is 0 Å². The van der Waals surface area contributed by atoms with E-state index >= 15 is 0 Å². The predicted molar refractivity (Wildman–Crippen MR) is 125 cm³/mol. The van der Waals surface area contributed by atoms with Gasteiger partial charge in [-0.3, -0.25) is 10.8 Å². The van der Waals surface area contributed by atoms with Crippen LogP contribution in [0.5, 0.6) is 0 Å². The Morgan fingerprint density at radius 2 is 1.53 bits per heavy atom. The fourth-order valence-electron chi connectivity index (χ4n) is 3.64. The molecule has 5 heteroatoms. The summed E-state index contributed by atoms with van der Waals surface area (Å²) in [6, 6.07) is 15.0. The van der Waals surface area contributed by atoms with Gasteiger partial charge in [-0.15, -0.1) is 0 Å². The van der Waals surface area contributed by atoms with Crippen molar-refractivity contribution in [1.82, 2.24) is 0 Å². The molecule has 2 N–H and O–H groups in total. The molecule has 0 bridgehead atoms. The second-order valence-corrected chi connectivity index (χ2v) is 7.04. The third-order valence-electron chi connectivity index (χ3n) is 4.89. The monoisotopic (exact) mass is 407 g/mol. The number of aryl methyl sites for hydroxylation is 1. The SMILES string of the molecule is CC.CO/N=C1/c2ccccc2-c2ccc(CCCCCCC(=N)OC(C)=N)cc21. The highest BCUT2D eigenvalue weighted by atomic mass is 16.6. The van der Waals surface area contributed by atoms with Crippen LogP contribution in [-0.2, 0) is 16.0 Å². The molecule has 0 unspecified atom stereocenters. The van der Waals surface area contributed by atoms with Crippen LogP contribution in [0.25, 0.3) is 11.1 Å². The van der Waals surface area contributed by atoms with Crippen LogP contribution in [0.2, 0.25) is 0 Å². The summed E-state index contributed by atoms with van der Waals surface area (Å²) in [5, 5.41) is 19.1. The van der Waals surface area contributed by atoms with Gasteiger partial charge in [-0.2, -0.15) is 0 Å². The van der Waals surface area contributed by atoms with Crippen molar-refractivity contribution in [2.75, 3.05) is 7.11 Å². The summed E-state index contributed by atoms with van der Waals surface area (Å²) >= 11 is 0. The zero-order valence-electron chi connectivity index (χ0n) is 18.5. The molecule has 0 spiro atoms. The lowest BCUT2D eigenvalue weighted by atomic mass is 9.99. The van der Waals surface area contributed by atoms with Crippen LogP contribution in [0.3, 0.4) is 0 Å². The molecule has 3 rings (SSSR count). The van der Waals surface area contributed by atoms with Crippen LogP contribution < -0.4 is 0 Å². The second-order valence-electron chi connectivity index (χ2n) is 7.04. The molecule has 1 aliphatic rings. The highest BCUT2D eigenvalue weighted by molar-refractivity contribution is 6.24. The lowest BCUT2D eigenvalue weighted by Gasteiger charge is -2.07. The summed E-state index contributed by atoms with van der Waals surface area (Å²) in [5.74, 6) is 0.274. The highest BCUT2D eigenvalue weighted by Gasteiger charge is 2.25. The van der Waals surface area contributed by atoms with E-state index in [4.69, 9.17) is 20.4 Å². The summed E-state index contributed by atoms with van der Waals surface area (Å²) in [5.41, 5.74) is 6.93. The third-order valence-corrected chi connectivity index (χ3v) is 4.89. The van der Waals surface area contributed by atoms with Crippen molar-refractivity contribution in [3.63, 3.8) is 0 Å². The third kappa shape index (κ3) is 6.02. The summed E-state index contributed by atoms with van der Waals surface area (Å²) in [4.78, 5) is 5.10. The number of rotatable bonds is 8. The van der Waals surface area contributed by atoms with Gasteiger partial charge in [0.05, 0.1) is 0 Å². The van der Waals surface area contributed by atoms with Gasteiger partial charge in [0.2, 0.25) is 0 Å². The molecule has 2 aromatic carbocycles. The number of nitrogens with one attached hydrogen (secondary N) is 2. The summed E-state index contributed by atoms with van der Waals surface area (Å²) in [7, 11) is 1.59. The standard InChI is InChI=1S/C23H27N3O2.C2H6/c1-16(24)28-22(25)12-6-4-3-5-9-17-13-14-19-18-10-7-8-11-20(18)23(26-27-2)21(19)15-17;1-2/h7-8,10-11,13-15,24-25H,3-6,9,12H2,1-2H3;1-2H3/b24-16?,25-22?,26-23-;. The predicted octanol–water partition coefficient (Wildman–Crippen LogP) is 6.58. The minimum Gasteiger partial charge on any atom is -0.430 e. The Balaban J connectivity index is 0.00000155. The van der Waals surface area contributed by atoms with E-state index in [-0.39, 0.29) is 11.8 Å². The van der Waals surface area contributed by atoms with Crippen LogP contribution in [0.1, 0.15) is 69.6 Å². The molecule has 0 aromatic heterocycles. The van der Waals surface area contributed by atoms with Crippen molar-refractivity contribution in [3.8, 4) is 11.1 Å². The maximum Gasteiger partial charge on any atom is 0.189 e. The number of hydrogen-bond donors (Lipinski definition) is 2. The quantitative estimate of drug-likeness (QED) is 0.191. The van der Waals surface area contributed by atoms with Crippen LogP contribution in [0.15, 0.2) is 47.6 Å². The fraction of sp³-hybridized carbons (Fsp3) is 0.400. The van der Waals surface area contributed by atoms with Crippen molar-refractivity contribution >= 4 is 17.5 Å². The normalized spacial score (nSPS) is 12.5. The van der Waals surface area contributed by atoms with E-state index in [1.54, 1.807) is 14.0 Å². The van der Waals surface area contributed by atoms with Crippen molar-refractivity contribution in [2.24, 2.45) is 5.16 Å². The molecule has 1 aliphatic carbocycles.